The summed E-state index contributed by atoms with van der Waals surface area (Å²) in [6.45, 7) is 2.08. The molecule has 0 amide bonds. The molecule has 0 fully saturated rings. The first kappa shape index (κ1) is 31.3. The molecule has 0 saturated carbocycles. The third-order valence-corrected chi connectivity index (χ3v) is 10.1. The number of fused-ring (bicyclic) bond motifs is 5. The number of allylic oxidation sites excluding steroid dienone is 1. The Labute approximate surface area is 305 Å². The average molecular weight is 664 g/mol. The first-order valence-electron chi connectivity index (χ1n) is 18.0. The number of benzene rings is 9. The van der Waals surface area contributed by atoms with Crippen LogP contribution < -0.4 is 4.90 Å². The summed E-state index contributed by atoms with van der Waals surface area (Å²) >= 11 is 0. The summed E-state index contributed by atoms with van der Waals surface area (Å²) < 4.78 is 0. The molecule has 0 aromatic heterocycles. The van der Waals surface area contributed by atoms with Gasteiger partial charge in [-0.3, -0.25) is 0 Å². The summed E-state index contributed by atoms with van der Waals surface area (Å²) in [6, 6.07) is 70.5. The maximum atomic E-state index is 2.39. The predicted molar refractivity (Wildman–Crippen MR) is 225 cm³/mol. The number of nitrogens with zero attached hydrogens (tertiary/aromatic N) is 1. The largest absolute Gasteiger partial charge is 0.310 e. The molecular weight excluding hydrogens is 627 g/mol. The maximum Gasteiger partial charge on any atom is 0.0468 e. The average Bonchev–Trinajstić information content (AvgIpc) is 3.21. The molecule has 0 heterocycles. The first-order valence-corrected chi connectivity index (χ1v) is 18.0. The second-order valence-corrected chi connectivity index (χ2v) is 13.3. The fraction of sp³-hybridized carbons (Fsp3) is 0.0196. The van der Waals surface area contributed by atoms with Crippen LogP contribution in [0.15, 0.2) is 200 Å². The molecular formula is C51H37N. The van der Waals surface area contributed by atoms with E-state index in [9.17, 15) is 0 Å². The van der Waals surface area contributed by atoms with E-state index in [2.05, 4.69) is 218 Å². The summed E-state index contributed by atoms with van der Waals surface area (Å²) in [6.07, 6.45) is 4.34. The van der Waals surface area contributed by atoms with Crippen molar-refractivity contribution in [1.82, 2.24) is 0 Å². The van der Waals surface area contributed by atoms with Crippen molar-refractivity contribution in [1.29, 1.82) is 0 Å². The molecule has 52 heavy (non-hydrogen) atoms. The minimum Gasteiger partial charge on any atom is -0.310 e. The van der Waals surface area contributed by atoms with E-state index in [0.29, 0.717) is 0 Å². The van der Waals surface area contributed by atoms with Gasteiger partial charge in [-0.1, -0.05) is 164 Å². The van der Waals surface area contributed by atoms with Crippen LogP contribution >= 0.6 is 0 Å². The van der Waals surface area contributed by atoms with Crippen molar-refractivity contribution in [3.63, 3.8) is 0 Å². The van der Waals surface area contributed by atoms with Crippen LogP contribution in [0.2, 0.25) is 0 Å². The quantitative estimate of drug-likeness (QED) is 0.153. The monoisotopic (exact) mass is 663 g/mol. The van der Waals surface area contributed by atoms with Crippen molar-refractivity contribution < 1.29 is 0 Å². The molecule has 0 saturated heterocycles. The van der Waals surface area contributed by atoms with E-state index in [1.807, 2.05) is 0 Å². The molecule has 1 nitrogen and oxygen atoms in total. The molecule has 0 aliphatic carbocycles. The lowest BCUT2D eigenvalue weighted by Gasteiger charge is -2.27. The van der Waals surface area contributed by atoms with Gasteiger partial charge in [0.15, 0.2) is 0 Å². The Morgan fingerprint density at radius 1 is 0.346 bits per heavy atom. The highest BCUT2D eigenvalue weighted by Crippen LogP contribution is 2.41. The smallest absolute Gasteiger partial charge is 0.0468 e. The normalized spacial score (nSPS) is 11.5. The summed E-state index contributed by atoms with van der Waals surface area (Å²) in [4.78, 5) is 2.39. The second-order valence-electron chi connectivity index (χ2n) is 13.3. The van der Waals surface area contributed by atoms with Crippen LogP contribution in [0.25, 0.3) is 71.8 Å². The molecule has 0 atom stereocenters. The molecule has 0 bridgehead atoms. The molecule has 0 unspecified atom stereocenters. The number of anilines is 3. The van der Waals surface area contributed by atoms with Crippen LogP contribution in [0, 0.1) is 0 Å². The molecule has 0 radical (unpaired) electrons. The summed E-state index contributed by atoms with van der Waals surface area (Å²) in [5, 5.41) is 7.64. The van der Waals surface area contributed by atoms with Crippen LogP contribution in [0.4, 0.5) is 17.1 Å². The van der Waals surface area contributed by atoms with Crippen molar-refractivity contribution in [2.24, 2.45) is 0 Å². The van der Waals surface area contributed by atoms with Crippen molar-refractivity contribution in [2.75, 3.05) is 4.90 Å². The van der Waals surface area contributed by atoms with Crippen molar-refractivity contribution in [3.05, 3.63) is 206 Å². The first-order chi connectivity index (χ1) is 25.7. The zero-order valence-corrected chi connectivity index (χ0v) is 29.1. The zero-order valence-electron chi connectivity index (χ0n) is 29.1. The Morgan fingerprint density at radius 2 is 0.885 bits per heavy atom. The van der Waals surface area contributed by atoms with Gasteiger partial charge in [-0.15, -0.1) is 0 Å². The van der Waals surface area contributed by atoms with Crippen molar-refractivity contribution in [3.8, 4) is 33.4 Å². The number of hydrogen-bond donors (Lipinski definition) is 0. The van der Waals surface area contributed by atoms with Gasteiger partial charge in [-0.2, -0.15) is 0 Å². The van der Waals surface area contributed by atoms with Gasteiger partial charge in [0.1, 0.15) is 0 Å². The lowest BCUT2D eigenvalue weighted by molar-refractivity contribution is 1.28. The molecule has 0 N–H and O–H groups in total. The maximum absolute atomic E-state index is 2.39. The summed E-state index contributed by atoms with van der Waals surface area (Å²) in [5.74, 6) is 0. The van der Waals surface area contributed by atoms with Gasteiger partial charge in [0.05, 0.1) is 0 Å². The van der Waals surface area contributed by atoms with E-state index < -0.39 is 0 Å². The Kier molecular flexibility index (Phi) is 8.15. The molecule has 1 heteroatoms. The molecule has 0 aliphatic rings. The van der Waals surface area contributed by atoms with Crippen LogP contribution in [0.5, 0.6) is 0 Å². The fourth-order valence-electron chi connectivity index (χ4n) is 7.61. The topological polar surface area (TPSA) is 3.24 Å². The van der Waals surface area contributed by atoms with Crippen LogP contribution in [0.3, 0.4) is 0 Å². The van der Waals surface area contributed by atoms with Gasteiger partial charge in [0.2, 0.25) is 0 Å². The minimum atomic E-state index is 1.10. The Balaban J connectivity index is 1.20. The van der Waals surface area contributed by atoms with Gasteiger partial charge >= 0.3 is 0 Å². The second kappa shape index (κ2) is 13.5. The lowest BCUT2D eigenvalue weighted by atomic mass is 9.94. The number of rotatable bonds is 7. The molecule has 246 valence electrons. The molecule has 0 spiro atoms. The molecule has 0 aliphatic heterocycles. The van der Waals surface area contributed by atoms with Crippen molar-refractivity contribution >= 4 is 55.5 Å². The third kappa shape index (κ3) is 5.83. The van der Waals surface area contributed by atoms with Crippen LogP contribution in [0.1, 0.15) is 12.5 Å². The zero-order chi connectivity index (χ0) is 34.9. The summed E-state index contributed by atoms with van der Waals surface area (Å²) in [5.41, 5.74) is 11.7. The molecule has 9 aromatic carbocycles. The van der Waals surface area contributed by atoms with Crippen LogP contribution in [-0.4, -0.2) is 0 Å². The predicted octanol–water partition coefficient (Wildman–Crippen LogP) is 14.7. The highest BCUT2D eigenvalue weighted by Gasteiger charge is 2.17. The number of hydrogen-bond acceptors (Lipinski definition) is 1. The fourth-order valence-corrected chi connectivity index (χ4v) is 7.61. The van der Waals surface area contributed by atoms with Gasteiger partial charge in [-0.25, -0.2) is 0 Å². The van der Waals surface area contributed by atoms with E-state index in [1.165, 1.54) is 71.3 Å². The van der Waals surface area contributed by atoms with Gasteiger partial charge in [0, 0.05) is 17.1 Å². The van der Waals surface area contributed by atoms with E-state index in [0.717, 1.165) is 17.1 Å². The van der Waals surface area contributed by atoms with E-state index >= 15 is 0 Å². The lowest BCUT2D eigenvalue weighted by Crippen LogP contribution is -2.10. The Morgan fingerprint density at radius 3 is 1.60 bits per heavy atom. The highest BCUT2D eigenvalue weighted by atomic mass is 15.1. The van der Waals surface area contributed by atoms with E-state index in [-0.39, 0.29) is 0 Å². The van der Waals surface area contributed by atoms with Crippen molar-refractivity contribution in [2.45, 2.75) is 6.92 Å². The van der Waals surface area contributed by atoms with Gasteiger partial charge in [0.25, 0.3) is 0 Å². The van der Waals surface area contributed by atoms with E-state index in [4.69, 9.17) is 0 Å². The standard InChI is InChI=1S/C51H37N/c1-2-13-43-34-46(28-31-47(43)37-16-7-4-8-17-37)52(44-21-11-19-40(32-44)36-14-5-3-6-15-36)45-22-12-20-41(33-45)42-25-24-39-27-29-49-48-23-10-9-18-38(48)26-30-50(49)51(39)35-42/h2-35H,1H3/b13-2-. The van der Waals surface area contributed by atoms with Crippen LogP contribution in [-0.2, 0) is 0 Å². The highest BCUT2D eigenvalue weighted by molar-refractivity contribution is 6.17. The van der Waals surface area contributed by atoms with Gasteiger partial charge in [-0.05, 0) is 121 Å². The SMILES string of the molecule is C/C=C\c1cc(N(c2cccc(-c3ccccc3)c2)c2cccc(-c3ccc4ccc5c6ccccc6ccc5c4c3)c2)ccc1-c1ccccc1. The van der Waals surface area contributed by atoms with Gasteiger partial charge < -0.3 is 4.90 Å². The summed E-state index contributed by atoms with van der Waals surface area (Å²) in [7, 11) is 0. The molecule has 9 aromatic rings. The third-order valence-electron chi connectivity index (χ3n) is 10.1. The Bertz CT molecular complexity index is 2740. The van der Waals surface area contributed by atoms with E-state index in [1.54, 1.807) is 0 Å². The Hall–Kier alpha value is -6.70. The minimum absolute atomic E-state index is 1.10. The molecule has 9 rings (SSSR count).